The second-order valence-electron chi connectivity index (χ2n) is 11.4. The first kappa shape index (κ1) is 22.8. The number of aromatic nitrogens is 2. The van der Waals surface area contributed by atoms with Crippen molar-refractivity contribution in [2.24, 2.45) is 4.99 Å². The summed E-state index contributed by atoms with van der Waals surface area (Å²) in [4.78, 5) is 5.04. The molecule has 1 aliphatic rings. The highest BCUT2D eigenvalue weighted by Gasteiger charge is 2.27. The number of nitrogen functional groups attached to an aromatic ring is 1. The predicted molar refractivity (Wildman–Crippen MR) is 178 cm³/mol. The van der Waals surface area contributed by atoms with Crippen LogP contribution in [0.2, 0.25) is 0 Å². The predicted octanol–water partition coefficient (Wildman–Crippen LogP) is 9.51. The Morgan fingerprint density at radius 2 is 1.37 bits per heavy atom. The summed E-state index contributed by atoms with van der Waals surface area (Å²) in [5.74, 6) is 0. The lowest BCUT2D eigenvalue weighted by molar-refractivity contribution is 0.668. The molecule has 0 aliphatic carbocycles. The van der Waals surface area contributed by atoms with Crippen molar-refractivity contribution < 1.29 is 4.42 Å². The number of nitrogens with zero attached hydrogens (tertiary/aromatic N) is 3. The average Bonchev–Trinajstić information content (AvgIpc) is 3.78. The lowest BCUT2D eigenvalue weighted by atomic mass is 10.0. The molecule has 0 radical (unpaired) electrons. The van der Waals surface area contributed by atoms with Crippen LogP contribution in [-0.4, -0.2) is 14.8 Å². The molecule has 0 fully saturated rings. The zero-order valence-corrected chi connectivity index (χ0v) is 23.1. The number of aliphatic imine (C=N–C) groups is 1. The van der Waals surface area contributed by atoms with Gasteiger partial charge in [0.25, 0.3) is 0 Å². The SMILES string of the molecule is Nc1ccccc1/N=C1\Cn2c3ccc4c5ccccc5n(-c5ccc6c(c5)oc5ccccc56)c4c3c3cccc1c32. The number of nitrogens with two attached hydrogens (primary N) is 1. The molecule has 202 valence electrons. The third-order valence-corrected chi connectivity index (χ3v) is 9.11. The molecule has 0 bridgehead atoms. The van der Waals surface area contributed by atoms with Crippen molar-refractivity contribution >= 4 is 82.6 Å². The van der Waals surface area contributed by atoms with E-state index in [9.17, 15) is 0 Å². The van der Waals surface area contributed by atoms with Crippen molar-refractivity contribution in [2.75, 3.05) is 5.73 Å². The Balaban J connectivity index is 1.30. The van der Waals surface area contributed by atoms with Crippen LogP contribution in [0.25, 0.3) is 71.2 Å². The van der Waals surface area contributed by atoms with Crippen molar-refractivity contribution in [1.82, 2.24) is 9.13 Å². The third-order valence-electron chi connectivity index (χ3n) is 9.11. The molecule has 2 N–H and O–H groups in total. The van der Waals surface area contributed by atoms with Crippen LogP contribution in [0, 0.1) is 0 Å². The van der Waals surface area contributed by atoms with E-state index in [1.165, 1.54) is 43.6 Å². The summed E-state index contributed by atoms with van der Waals surface area (Å²) in [5.41, 5.74) is 17.7. The fourth-order valence-electron chi connectivity index (χ4n) is 7.28. The van der Waals surface area contributed by atoms with E-state index in [0.717, 1.165) is 44.6 Å². The number of rotatable bonds is 2. The number of benzene rings is 6. The molecule has 0 unspecified atom stereocenters. The summed E-state index contributed by atoms with van der Waals surface area (Å²) in [6.45, 7) is 0.699. The average molecular weight is 553 g/mol. The minimum atomic E-state index is 0.691. The van der Waals surface area contributed by atoms with Gasteiger partial charge in [0.05, 0.1) is 45.7 Å². The van der Waals surface area contributed by atoms with Gasteiger partial charge in [0.15, 0.2) is 0 Å². The van der Waals surface area contributed by atoms with Crippen LogP contribution in [0.5, 0.6) is 0 Å². The summed E-state index contributed by atoms with van der Waals surface area (Å²) in [5, 5.41) is 7.24. The summed E-state index contributed by atoms with van der Waals surface area (Å²) in [6, 6.07) is 42.5. The first-order chi connectivity index (χ1) is 21.2. The molecule has 3 aromatic heterocycles. The number of fused-ring (bicyclic) bond motifs is 10. The van der Waals surface area contributed by atoms with Gasteiger partial charge in [0, 0.05) is 49.6 Å². The zero-order chi connectivity index (χ0) is 28.2. The highest BCUT2D eigenvalue weighted by Crippen LogP contribution is 2.44. The van der Waals surface area contributed by atoms with E-state index >= 15 is 0 Å². The van der Waals surface area contributed by atoms with Crippen LogP contribution in [-0.2, 0) is 6.54 Å². The number of hydrogen-bond donors (Lipinski definition) is 1. The Morgan fingerprint density at radius 3 is 2.30 bits per heavy atom. The van der Waals surface area contributed by atoms with Gasteiger partial charge >= 0.3 is 0 Å². The minimum absolute atomic E-state index is 0.691. The maximum absolute atomic E-state index is 6.33. The lowest BCUT2D eigenvalue weighted by Gasteiger charge is -2.10. The monoisotopic (exact) mass is 552 g/mol. The summed E-state index contributed by atoms with van der Waals surface area (Å²) in [6.07, 6.45) is 0. The fraction of sp³-hybridized carbons (Fsp3) is 0.0263. The van der Waals surface area contributed by atoms with Crippen molar-refractivity contribution in [3.8, 4) is 5.69 Å². The fourth-order valence-corrected chi connectivity index (χ4v) is 7.28. The highest BCUT2D eigenvalue weighted by molar-refractivity contribution is 6.29. The van der Waals surface area contributed by atoms with Gasteiger partial charge in [-0.3, -0.25) is 0 Å². The summed E-state index contributed by atoms with van der Waals surface area (Å²) < 4.78 is 11.2. The van der Waals surface area contributed by atoms with Crippen LogP contribution in [0.1, 0.15) is 5.56 Å². The van der Waals surface area contributed by atoms with Gasteiger partial charge in [-0.25, -0.2) is 4.99 Å². The molecule has 6 aromatic carbocycles. The van der Waals surface area contributed by atoms with E-state index < -0.39 is 0 Å². The second-order valence-corrected chi connectivity index (χ2v) is 11.4. The second kappa shape index (κ2) is 8.14. The molecule has 0 saturated carbocycles. The van der Waals surface area contributed by atoms with E-state index in [-0.39, 0.29) is 0 Å². The van der Waals surface area contributed by atoms with E-state index in [0.29, 0.717) is 12.2 Å². The Labute approximate surface area is 245 Å². The maximum Gasteiger partial charge on any atom is 0.137 e. The van der Waals surface area contributed by atoms with Gasteiger partial charge in [-0.1, -0.05) is 72.8 Å². The Bertz CT molecular complexity index is 2670. The Hall–Kier alpha value is -5.81. The van der Waals surface area contributed by atoms with Crippen molar-refractivity contribution in [2.45, 2.75) is 6.54 Å². The van der Waals surface area contributed by atoms with E-state index in [4.69, 9.17) is 15.1 Å². The molecular formula is C38H24N4O. The van der Waals surface area contributed by atoms with Crippen molar-refractivity contribution in [1.29, 1.82) is 0 Å². The van der Waals surface area contributed by atoms with Crippen molar-refractivity contribution in [3.63, 3.8) is 0 Å². The van der Waals surface area contributed by atoms with Crippen LogP contribution in [0.15, 0.2) is 131 Å². The number of furan rings is 1. The molecule has 5 heteroatoms. The molecule has 0 spiro atoms. The quantitative estimate of drug-likeness (QED) is 0.217. The maximum atomic E-state index is 6.33. The molecule has 4 heterocycles. The number of anilines is 1. The van der Waals surface area contributed by atoms with Gasteiger partial charge in [-0.05, 0) is 42.5 Å². The Kier molecular flexibility index (Phi) is 4.32. The first-order valence-electron chi connectivity index (χ1n) is 14.6. The van der Waals surface area contributed by atoms with Gasteiger partial charge in [0.1, 0.15) is 11.2 Å². The first-order valence-corrected chi connectivity index (χ1v) is 14.6. The van der Waals surface area contributed by atoms with Crippen molar-refractivity contribution in [3.05, 3.63) is 127 Å². The number of hydrogen-bond acceptors (Lipinski definition) is 3. The summed E-state index contributed by atoms with van der Waals surface area (Å²) >= 11 is 0. The Morgan fingerprint density at radius 1 is 0.605 bits per heavy atom. The standard InChI is InChI=1S/C38H24N4O/c39-29-12-3-4-13-30(29)40-31-21-41-33-19-18-26-23-8-1-5-14-32(23)42(38(26)36(33)28-11-7-10-27(31)37(28)41)22-16-17-25-24-9-2-6-15-34(24)43-35(25)20-22/h1-20H,21,39H2/b40-31+. The van der Waals surface area contributed by atoms with Crippen LogP contribution in [0.4, 0.5) is 11.4 Å². The van der Waals surface area contributed by atoms with Gasteiger partial charge in [0.2, 0.25) is 0 Å². The lowest BCUT2D eigenvalue weighted by Crippen LogP contribution is -2.03. The smallest absolute Gasteiger partial charge is 0.137 e. The molecule has 0 saturated heterocycles. The highest BCUT2D eigenvalue weighted by atomic mass is 16.3. The third kappa shape index (κ3) is 2.98. The molecule has 9 aromatic rings. The van der Waals surface area contributed by atoms with E-state index in [1.807, 2.05) is 36.4 Å². The minimum Gasteiger partial charge on any atom is -0.456 e. The molecule has 0 atom stereocenters. The van der Waals surface area contributed by atoms with Gasteiger partial charge in [-0.15, -0.1) is 0 Å². The van der Waals surface area contributed by atoms with Gasteiger partial charge < -0.3 is 19.3 Å². The van der Waals surface area contributed by atoms with Crippen LogP contribution >= 0.6 is 0 Å². The molecule has 1 aliphatic heterocycles. The molecular weight excluding hydrogens is 528 g/mol. The molecule has 10 rings (SSSR count). The van der Waals surface area contributed by atoms with Crippen LogP contribution in [0.3, 0.4) is 0 Å². The normalized spacial score (nSPS) is 14.1. The summed E-state index contributed by atoms with van der Waals surface area (Å²) in [7, 11) is 0. The topological polar surface area (TPSA) is 61.4 Å². The largest absolute Gasteiger partial charge is 0.456 e. The number of para-hydroxylation sites is 5. The zero-order valence-electron chi connectivity index (χ0n) is 23.1. The van der Waals surface area contributed by atoms with E-state index in [1.54, 1.807) is 0 Å². The van der Waals surface area contributed by atoms with Crippen LogP contribution < -0.4 is 5.73 Å². The van der Waals surface area contributed by atoms with Gasteiger partial charge in [-0.2, -0.15) is 0 Å². The molecule has 0 amide bonds. The van der Waals surface area contributed by atoms with E-state index in [2.05, 4.69) is 94.1 Å². The molecule has 43 heavy (non-hydrogen) atoms. The molecule has 5 nitrogen and oxygen atoms in total.